The third-order valence-electron chi connectivity index (χ3n) is 5.66. The molecule has 0 spiro atoms. The van der Waals surface area contributed by atoms with E-state index in [-0.39, 0.29) is 6.09 Å². The van der Waals surface area contributed by atoms with Gasteiger partial charge >= 0.3 is 6.09 Å². The van der Waals surface area contributed by atoms with Crippen molar-refractivity contribution in [3.05, 3.63) is 35.4 Å². The van der Waals surface area contributed by atoms with Gasteiger partial charge < -0.3 is 9.64 Å². The number of amides is 1. The predicted molar refractivity (Wildman–Crippen MR) is 105 cm³/mol. The van der Waals surface area contributed by atoms with Gasteiger partial charge in [0, 0.05) is 19.6 Å². The maximum atomic E-state index is 12.3. The van der Waals surface area contributed by atoms with E-state index in [0.29, 0.717) is 17.4 Å². The number of carbonyl (C=O) groups is 1. The number of benzene rings is 1. The van der Waals surface area contributed by atoms with E-state index in [1.807, 2.05) is 37.8 Å². The van der Waals surface area contributed by atoms with Crippen molar-refractivity contribution in [3.63, 3.8) is 0 Å². The molecule has 0 radical (unpaired) electrons. The Hall–Kier alpha value is -2.06. The summed E-state index contributed by atoms with van der Waals surface area (Å²) in [5, 5.41) is 8.90. The monoisotopic (exact) mass is 369 g/mol. The van der Waals surface area contributed by atoms with Crippen molar-refractivity contribution in [1.82, 2.24) is 9.80 Å². The zero-order chi connectivity index (χ0) is 19.4. The van der Waals surface area contributed by atoms with E-state index in [4.69, 9.17) is 10.00 Å². The second-order valence-corrected chi connectivity index (χ2v) is 8.90. The number of nitriles is 1. The summed E-state index contributed by atoms with van der Waals surface area (Å²) in [5.74, 6) is 1.31. The third kappa shape index (κ3) is 5.46. The maximum Gasteiger partial charge on any atom is 0.410 e. The van der Waals surface area contributed by atoms with Crippen LogP contribution in [-0.4, -0.2) is 47.7 Å². The number of hydrogen-bond donors (Lipinski definition) is 0. The molecule has 0 N–H and O–H groups in total. The first-order valence-corrected chi connectivity index (χ1v) is 10.0. The lowest BCUT2D eigenvalue weighted by Gasteiger charge is -2.35. The van der Waals surface area contributed by atoms with E-state index in [1.54, 1.807) is 0 Å². The van der Waals surface area contributed by atoms with Crippen molar-refractivity contribution in [2.24, 2.45) is 11.8 Å². The summed E-state index contributed by atoms with van der Waals surface area (Å²) in [7, 11) is 0. The second kappa shape index (κ2) is 8.31. The molecule has 0 aromatic heterocycles. The molecular formula is C22H31N3O2. The van der Waals surface area contributed by atoms with Crippen LogP contribution in [0.15, 0.2) is 24.3 Å². The Balaban J connectivity index is 1.44. The van der Waals surface area contributed by atoms with Crippen molar-refractivity contribution >= 4 is 6.09 Å². The van der Waals surface area contributed by atoms with Crippen LogP contribution in [0.3, 0.4) is 0 Å². The van der Waals surface area contributed by atoms with E-state index in [0.717, 1.165) is 39.1 Å². The Labute approximate surface area is 162 Å². The minimum Gasteiger partial charge on any atom is -0.444 e. The molecule has 3 rings (SSSR count). The van der Waals surface area contributed by atoms with Crippen molar-refractivity contribution in [1.29, 1.82) is 5.26 Å². The lowest BCUT2D eigenvalue weighted by molar-refractivity contribution is 0.0278. The maximum absolute atomic E-state index is 12.3. The quantitative estimate of drug-likeness (QED) is 0.807. The summed E-state index contributed by atoms with van der Waals surface area (Å²) in [6.07, 6.45) is 3.33. The third-order valence-corrected chi connectivity index (χ3v) is 5.66. The summed E-state index contributed by atoms with van der Waals surface area (Å²) in [6, 6.07) is 10.1. The number of likely N-dealkylation sites (tertiary alicyclic amines) is 2. The van der Waals surface area contributed by atoms with Crippen molar-refractivity contribution in [3.8, 4) is 6.07 Å². The molecular weight excluding hydrogens is 338 g/mol. The van der Waals surface area contributed by atoms with Crippen LogP contribution in [-0.2, 0) is 11.3 Å². The lowest BCUT2D eigenvalue weighted by Crippen LogP contribution is -2.38. The molecule has 1 unspecified atom stereocenters. The number of hydrogen-bond acceptors (Lipinski definition) is 4. The van der Waals surface area contributed by atoms with E-state index >= 15 is 0 Å². The normalized spacial score (nSPS) is 21.9. The van der Waals surface area contributed by atoms with Gasteiger partial charge in [0.25, 0.3) is 0 Å². The number of ether oxygens (including phenoxy) is 1. The fraction of sp³-hybridized carbons (Fsp3) is 0.636. The number of nitrogens with zero attached hydrogens (tertiary/aromatic N) is 3. The van der Waals surface area contributed by atoms with Crippen LogP contribution in [0.1, 0.15) is 51.2 Å². The van der Waals surface area contributed by atoms with Crippen LogP contribution in [0.4, 0.5) is 4.79 Å². The molecule has 1 aromatic carbocycles. The fourth-order valence-corrected chi connectivity index (χ4v) is 4.19. The van der Waals surface area contributed by atoms with E-state index in [1.165, 1.54) is 18.4 Å². The molecule has 0 saturated carbocycles. The Bertz CT molecular complexity index is 679. The van der Waals surface area contributed by atoms with Crippen LogP contribution in [0.2, 0.25) is 0 Å². The van der Waals surface area contributed by atoms with Crippen molar-refractivity contribution < 1.29 is 9.53 Å². The van der Waals surface area contributed by atoms with E-state index in [2.05, 4.69) is 23.1 Å². The van der Waals surface area contributed by atoms with Gasteiger partial charge in [0.1, 0.15) is 5.60 Å². The van der Waals surface area contributed by atoms with Crippen LogP contribution >= 0.6 is 0 Å². The van der Waals surface area contributed by atoms with Gasteiger partial charge in [0.2, 0.25) is 0 Å². The van der Waals surface area contributed by atoms with Gasteiger partial charge in [-0.1, -0.05) is 12.1 Å². The van der Waals surface area contributed by atoms with Gasteiger partial charge in [0.05, 0.1) is 11.6 Å². The molecule has 2 aliphatic heterocycles. The Morgan fingerprint density at radius 1 is 1.11 bits per heavy atom. The van der Waals surface area contributed by atoms with E-state index in [9.17, 15) is 4.79 Å². The molecule has 2 aliphatic rings. The fourth-order valence-electron chi connectivity index (χ4n) is 4.19. The highest BCUT2D eigenvalue weighted by Crippen LogP contribution is 2.32. The topological polar surface area (TPSA) is 56.6 Å². The Kier molecular flexibility index (Phi) is 6.06. The molecule has 2 saturated heterocycles. The van der Waals surface area contributed by atoms with Crippen LogP contribution in [0, 0.1) is 23.2 Å². The standard InChI is InChI=1S/C22H31N3O2/c1-22(2,3)27-21(26)25-13-10-20(16-25)19-8-11-24(12-9-19)15-18-6-4-17(14-23)5-7-18/h4-7,19-20H,8-13,15-16H2,1-3H3. The van der Waals surface area contributed by atoms with Crippen molar-refractivity contribution in [2.45, 2.75) is 52.2 Å². The smallest absolute Gasteiger partial charge is 0.410 e. The molecule has 5 nitrogen and oxygen atoms in total. The van der Waals surface area contributed by atoms with Gasteiger partial charge in [-0.05, 0) is 82.7 Å². The summed E-state index contributed by atoms with van der Waals surface area (Å²) in [6.45, 7) is 10.6. The van der Waals surface area contributed by atoms with Gasteiger partial charge in [0.15, 0.2) is 0 Å². The highest BCUT2D eigenvalue weighted by Gasteiger charge is 2.35. The molecule has 27 heavy (non-hydrogen) atoms. The predicted octanol–water partition coefficient (Wildman–Crippen LogP) is 4.03. The Morgan fingerprint density at radius 3 is 2.33 bits per heavy atom. The van der Waals surface area contributed by atoms with Crippen LogP contribution in [0.5, 0.6) is 0 Å². The minimum absolute atomic E-state index is 0.164. The molecule has 1 atom stereocenters. The average molecular weight is 370 g/mol. The van der Waals surface area contributed by atoms with Crippen LogP contribution < -0.4 is 0 Å². The minimum atomic E-state index is -0.425. The molecule has 2 fully saturated rings. The summed E-state index contributed by atoms with van der Waals surface area (Å²) in [5.41, 5.74) is 1.56. The summed E-state index contributed by atoms with van der Waals surface area (Å²) >= 11 is 0. The number of carbonyl (C=O) groups excluding carboxylic acids is 1. The molecule has 1 amide bonds. The SMILES string of the molecule is CC(C)(C)OC(=O)N1CCC(C2CCN(Cc3ccc(C#N)cc3)CC2)C1. The summed E-state index contributed by atoms with van der Waals surface area (Å²) in [4.78, 5) is 16.7. The molecule has 2 heterocycles. The van der Waals surface area contributed by atoms with Crippen LogP contribution in [0.25, 0.3) is 0 Å². The zero-order valence-electron chi connectivity index (χ0n) is 16.8. The molecule has 5 heteroatoms. The first-order chi connectivity index (χ1) is 12.8. The molecule has 0 bridgehead atoms. The first-order valence-electron chi connectivity index (χ1n) is 10.0. The number of rotatable bonds is 3. The van der Waals surface area contributed by atoms with Gasteiger partial charge in [-0.25, -0.2) is 4.79 Å². The number of piperidine rings is 1. The summed E-state index contributed by atoms with van der Waals surface area (Å²) < 4.78 is 5.52. The highest BCUT2D eigenvalue weighted by molar-refractivity contribution is 5.68. The highest BCUT2D eigenvalue weighted by atomic mass is 16.6. The zero-order valence-corrected chi connectivity index (χ0v) is 16.8. The van der Waals surface area contributed by atoms with Crippen molar-refractivity contribution in [2.75, 3.05) is 26.2 Å². The molecule has 146 valence electrons. The largest absolute Gasteiger partial charge is 0.444 e. The average Bonchev–Trinajstić information content (AvgIpc) is 3.12. The van der Waals surface area contributed by atoms with Gasteiger partial charge in [-0.15, -0.1) is 0 Å². The Morgan fingerprint density at radius 2 is 1.74 bits per heavy atom. The lowest BCUT2D eigenvalue weighted by atomic mass is 9.83. The van der Waals surface area contributed by atoms with E-state index < -0.39 is 5.60 Å². The molecule has 0 aliphatic carbocycles. The second-order valence-electron chi connectivity index (χ2n) is 8.90. The van der Waals surface area contributed by atoms with Gasteiger partial charge in [-0.3, -0.25) is 4.90 Å². The van der Waals surface area contributed by atoms with Gasteiger partial charge in [-0.2, -0.15) is 5.26 Å². The first kappa shape index (κ1) is 19.7. The molecule has 1 aromatic rings.